The molecule has 288 valence electrons. The summed E-state index contributed by atoms with van der Waals surface area (Å²) < 4.78 is 84.8. The minimum Gasteiger partial charge on any atom is -0.493 e. The normalized spacial score (nSPS) is 11.8. The number of halogens is 5. The first-order valence-electron chi connectivity index (χ1n) is 16.2. The summed E-state index contributed by atoms with van der Waals surface area (Å²) in [7, 11) is -2.36. The van der Waals surface area contributed by atoms with Crippen molar-refractivity contribution in [3.63, 3.8) is 0 Å². The number of unbranched alkanes of at least 4 members (excludes halogenated alkanes) is 2. The maximum Gasteiger partial charge on any atom is 0.491 e. The van der Waals surface area contributed by atoms with Crippen molar-refractivity contribution in [1.82, 2.24) is 33.7 Å². The number of alkyl halides is 3. The van der Waals surface area contributed by atoms with E-state index in [0.717, 1.165) is 29.1 Å². The molecule has 2 aromatic carbocycles. The molecule has 4 heterocycles. The Bertz CT molecular complexity index is 2480. The lowest BCUT2D eigenvalue weighted by Gasteiger charge is -2.15. The number of nitrogen functional groups attached to an aromatic ring is 1. The lowest BCUT2D eigenvalue weighted by molar-refractivity contribution is -0.189. The van der Waals surface area contributed by atoms with E-state index in [1.807, 2.05) is 25.4 Å². The largest absolute Gasteiger partial charge is 0.493 e. The smallest absolute Gasteiger partial charge is 0.491 e. The van der Waals surface area contributed by atoms with Crippen molar-refractivity contribution in [2.24, 2.45) is 7.05 Å². The van der Waals surface area contributed by atoms with Crippen LogP contribution >= 0.6 is 27.5 Å². The van der Waals surface area contributed by atoms with Gasteiger partial charge in [-0.25, -0.2) is 32.1 Å². The van der Waals surface area contributed by atoms with Gasteiger partial charge in [0.25, 0.3) is 0 Å². The monoisotopic (exact) mass is 863 g/mol. The van der Waals surface area contributed by atoms with Crippen LogP contribution in [-0.2, 0) is 28.3 Å². The Kier molecular flexibility index (Phi) is 11.5. The zero-order chi connectivity index (χ0) is 39.5. The van der Waals surface area contributed by atoms with E-state index in [0.29, 0.717) is 45.6 Å². The summed E-state index contributed by atoms with van der Waals surface area (Å²) in [4.78, 5) is 28.4. The topological polar surface area (TPSA) is 191 Å². The van der Waals surface area contributed by atoms with Gasteiger partial charge >= 0.3 is 18.2 Å². The molecule has 0 aliphatic carbocycles. The molecule has 15 nitrogen and oxygen atoms in total. The van der Waals surface area contributed by atoms with E-state index in [2.05, 4.69) is 51.0 Å². The van der Waals surface area contributed by atoms with Crippen LogP contribution in [0.25, 0.3) is 22.0 Å². The molecule has 0 unspecified atom stereocenters. The van der Waals surface area contributed by atoms with Gasteiger partial charge in [-0.1, -0.05) is 0 Å². The van der Waals surface area contributed by atoms with Crippen molar-refractivity contribution in [3.8, 4) is 34.4 Å². The summed E-state index contributed by atoms with van der Waals surface area (Å²) >= 11 is 9.22. The van der Waals surface area contributed by atoms with Crippen molar-refractivity contribution < 1.29 is 40.6 Å². The number of rotatable bonds is 14. The third-order valence-electron chi connectivity index (χ3n) is 7.83. The van der Waals surface area contributed by atoms with Crippen LogP contribution in [0.4, 0.5) is 30.4 Å². The number of nitrogens with zero attached hydrogens (tertiary/aromatic N) is 7. The van der Waals surface area contributed by atoms with Crippen LogP contribution in [0, 0.1) is 0 Å². The van der Waals surface area contributed by atoms with Gasteiger partial charge < -0.3 is 25.3 Å². The molecular weight excluding hydrogens is 835 g/mol. The number of nitrogens with one attached hydrogen (secondary N) is 1. The maximum atomic E-state index is 13.3. The molecular formula is C34H30BrClF3N9O6S. The quantitative estimate of drug-likeness (QED) is 0.0483. The zero-order valence-corrected chi connectivity index (χ0v) is 32.0. The maximum absolute atomic E-state index is 13.3. The summed E-state index contributed by atoms with van der Waals surface area (Å²) in [6.07, 6.45) is 6.91. The van der Waals surface area contributed by atoms with Gasteiger partial charge in [-0.05, 0) is 83.0 Å². The number of nitrogens with two attached hydrogens (primary N) is 1. The Morgan fingerprint density at radius 2 is 1.76 bits per heavy atom. The van der Waals surface area contributed by atoms with Gasteiger partial charge in [-0.3, -0.25) is 4.68 Å². The Morgan fingerprint density at radius 3 is 2.45 bits per heavy atom. The van der Waals surface area contributed by atoms with Crippen LogP contribution in [0.3, 0.4) is 0 Å². The number of ether oxygens (including phenoxy) is 3. The standard InChI is InChI=1S/C34H30BrClF3N9O6S/c1-47-17-21(15-44-47)20-13-42-33(43-14-20)53-23-11-19(10-22(40)12-23)6-4-3-5-9-52-26-8-7-25(45-30-24(35)16-41-32(36)46-30)29-28(26)27(18-48(29)55(2,50)51)54-31(49)34(37,38)39/h7-8,10-18H,3-6,9,40H2,1-2H3,(H,41,45,46). The lowest BCUT2D eigenvalue weighted by Crippen LogP contribution is -2.27. The van der Waals surface area contributed by atoms with Gasteiger partial charge in [0, 0.05) is 54.7 Å². The first-order valence-corrected chi connectivity index (χ1v) is 19.2. The average Bonchev–Trinajstić information content (AvgIpc) is 3.73. The van der Waals surface area contributed by atoms with Crippen molar-refractivity contribution >= 4 is 71.6 Å². The third-order valence-corrected chi connectivity index (χ3v) is 9.60. The SMILES string of the molecule is Cn1cc(-c2cnc(Oc3cc(N)cc(CCCCCOc4ccc(Nc5nc(Cl)ncc5Br)c5c4c(OC(=O)C(F)(F)F)cn5S(C)(=O)=O)c3)nc2)cn1. The fourth-order valence-corrected chi connectivity index (χ4v) is 6.66. The van der Waals surface area contributed by atoms with Crippen molar-refractivity contribution in [1.29, 1.82) is 0 Å². The summed E-state index contributed by atoms with van der Waals surface area (Å²) in [6, 6.07) is 8.32. The molecule has 0 atom stereocenters. The highest BCUT2D eigenvalue weighted by molar-refractivity contribution is 9.10. The fourth-order valence-electron chi connectivity index (χ4n) is 5.43. The number of hydrogen-bond acceptors (Lipinski definition) is 13. The fraction of sp³-hybridized carbons (Fsp3) is 0.235. The molecule has 0 aliphatic heterocycles. The molecule has 21 heteroatoms. The van der Waals surface area contributed by atoms with Crippen molar-refractivity contribution in [2.75, 3.05) is 23.9 Å². The van der Waals surface area contributed by atoms with Crippen LogP contribution in [0.15, 0.2) is 72.0 Å². The molecule has 4 aromatic heterocycles. The van der Waals surface area contributed by atoms with E-state index in [-0.39, 0.29) is 46.1 Å². The molecule has 0 saturated heterocycles. The lowest BCUT2D eigenvalue weighted by atomic mass is 10.1. The van der Waals surface area contributed by atoms with Crippen molar-refractivity contribution in [3.05, 3.63) is 82.8 Å². The zero-order valence-electron chi connectivity index (χ0n) is 28.8. The molecule has 0 fully saturated rings. The molecule has 55 heavy (non-hydrogen) atoms. The number of aromatic nitrogens is 7. The summed E-state index contributed by atoms with van der Waals surface area (Å²) in [6.45, 7) is 0.0866. The molecule has 0 bridgehead atoms. The molecule has 0 saturated carbocycles. The Morgan fingerprint density at radius 1 is 1.00 bits per heavy atom. The summed E-state index contributed by atoms with van der Waals surface area (Å²) in [5.41, 5.74) is 9.08. The highest BCUT2D eigenvalue weighted by atomic mass is 79.9. The Labute approximate surface area is 324 Å². The van der Waals surface area contributed by atoms with Gasteiger partial charge in [0.2, 0.25) is 15.3 Å². The van der Waals surface area contributed by atoms with E-state index >= 15 is 0 Å². The molecule has 0 aliphatic rings. The number of hydrogen-bond donors (Lipinski definition) is 2. The van der Waals surface area contributed by atoms with E-state index in [4.69, 9.17) is 26.8 Å². The van der Waals surface area contributed by atoms with Gasteiger partial charge in [0.15, 0.2) is 5.75 Å². The minimum absolute atomic E-state index is 0.0268. The van der Waals surface area contributed by atoms with Crippen LogP contribution in [-0.4, -0.2) is 67.1 Å². The second-order valence-corrected chi connectivity index (χ2v) is 15.1. The van der Waals surface area contributed by atoms with Gasteiger partial charge in [-0.2, -0.15) is 23.3 Å². The summed E-state index contributed by atoms with van der Waals surface area (Å²) in [5, 5.41) is 6.72. The van der Waals surface area contributed by atoms with Gasteiger partial charge in [0.05, 0.1) is 46.3 Å². The molecule has 6 aromatic rings. The van der Waals surface area contributed by atoms with E-state index in [9.17, 15) is 26.4 Å². The third kappa shape index (κ3) is 9.62. The predicted molar refractivity (Wildman–Crippen MR) is 200 cm³/mol. The van der Waals surface area contributed by atoms with Crippen LogP contribution < -0.4 is 25.3 Å². The molecule has 0 amide bonds. The van der Waals surface area contributed by atoms with Crippen LogP contribution in [0.1, 0.15) is 24.8 Å². The minimum atomic E-state index is -5.37. The van der Waals surface area contributed by atoms with Gasteiger partial charge in [-0.15, -0.1) is 0 Å². The highest BCUT2D eigenvalue weighted by Crippen LogP contribution is 2.43. The second kappa shape index (κ2) is 16.1. The van der Waals surface area contributed by atoms with Crippen LogP contribution in [0.2, 0.25) is 5.28 Å². The van der Waals surface area contributed by atoms with Crippen LogP contribution in [0.5, 0.6) is 23.3 Å². The molecule has 0 spiro atoms. The van der Waals surface area contributed by atoms with E-state index < -0.39 is 27.9 Å². The molecule has 0 radical (unpaired) electrons. The predicted octanol–water partition coefficient (Wildman–Crippen LogP) is 7.22. The molecule has 3 N–H and O–H groups in total. The number of aryl methyl sites for hydroxylation is 2. The van der Waals surface area contributed by atoms with Crippen molar-refractivity contribution in [2.45, 2.75) is 31.9 Å². The molecule has 6 rings (SSSR count). The number of carbonyl (C=O) groups excluding carboxylic acids is 1. The Hall–Kier alpha value is -5.47. The number of fused-ring (bicyclic) bond motifs is 1. The number of anilines is 3. The first kappa shape index (κ1) is 39.2. The van der Waals surface area contributed by atoms with Gasteiger partial charge in [0.1, 0.15) is 17.3 Å². The number of benzene rings is 2. The summed E-state index contributed by atoms with van der Waals surface area (Å²) in [5.74, 6) is -2.67. The number of esters is 1. The number of carbonyl (C=O) groups is 1. The Balaban J connectivity index is 1.15. The van der Waals surface area contributed by atoms with E-state index in [1.165, 1.54) is 18.3 Å². The average molecular weight is 865 g/mol. The van der Waals surface area contributed by atoms with E-state index in [1.54, 1.807) is 29.3 Å². The highest BCUT2D eigenvalue weighted by Gasteiger charge is 2.42. The first-order chi connectivity index (χ1) is 26.0. The second-order valence-electron chi connectivity index (χ2n) is 12.1.